The van der Waals surface area contributed by atoms with E-state index in [9.17, 15) is 0 Å². The number of rotatable bonds is 3. The molecule has 0 saturated heterocycles. The van der Waals surface area contributed by atoms with E-state index in [1.54, 1.807) is 0 Å². The fourth-order valence-corrected chi connectivity index (χ4v) is 0.500. The summed E-state index contributed by atoms with van der Waals surface area (Å²) in [5.41, 5.74) is 0. The molecule has 0 amide bonds. The largest absolute Gasteiger partial charge is 0.332 e. The Morgan fingerprint density at radius 2 is 1.88 bits per heavy atom. The molecule has 0 unspecified atom stereocenters. The van der Waals surface area contributed by atoms with Gasteiger partial charge in [0.25, 0.3) is 0 Å². The van der Waals surface area contributed by atoms with Gasteiger partial charge < -0.3 is 6.42 Å². The van der Waals surface area contributed by atoms with E-state index in [1.165, 1.54) is 12.8 Å². The summed E-state index contributed by atoms with van der Waals surface area (Å²) < 4.78 is 0. The van der Waals surface area contributed by atoms with Gasteiger partial charge in [0.15, 0.2) is 0 Å². The van der Waals surface area contributed by atoms with Crippen LogP contribution < -0.4 is 0 Å². The molecule has 0 nitrogen and oxygen atoms in total. The number of hydrogen-bond acceptors (Lipinski definition) is 0. The first-order valence-electron chi connectivity index (χ1n) is 3.05. The van der Waals surface area contributed by atoms with E-state index in [4.69, 9.17) is 0 Å². The third-order valence-corrected chi connectivity index (χ3v) is 1.03. The van der Waals surface area contributed by atoms with Crippen LogP contribution in [0.1, 0.15) is 33.6 Å². The van der Waals surface area contributed by atoms with Gasteiger partial charge in [-0.25, -0.2) is 0 Å². The van der Waals surface area contributed by atoms with Crippen molar-refractivity contribution in [1.29, 1.82) is 0 Å². The van der Waals surface area contributed by atoms with Crippen molar-refractivity contribution < 1.29 is 21.1 Å². The average Bonchev–Trinajstić information content (AvgIpc) is 1.61. The molecule has 0 heterocycles. The van der Waals surface area contributed by atoms with E-state index >= 15 is 0 Å². The molecule has 0 bridgehead atoms. The van der Waals surface area contributed by atoms with Crippen LogP contribution in [-0.4, -0.2) is 0 Å². The molecule has 0 saturated carbocycles. The standard InChI is InChI=1S/C7H15.W/c1-4-5-6-7(2)3;/h4,7H,5-6H2,1-3H3;/q-1;. The first-order chi connectivity index (χ1) is 3.27. The molecule has 0 spiro atoms. The molecule has 0 atom stereocenters. The summed E-state index contributed by atoms with van der Waals surface area (Å²) >= 11 is 0. The maximum atomic E-state index is 2.25. The normalized spacial score (nSPS) is 9.00. The molecule has 0 N–H and O–H groups in total. The third-order valence-electron chi connectivity index (χ3n) is 1.03. The van der Waals surface area contributed by atoms with Crippen LogP contribution in [0.2, 0.25) is 0 Å². The van der Waals surface area contributed by atoms with Crippen molar-refractivity contribution in [2.75, 3.05) is 0 Å². The van der Waals surface area contributed by atoms with Crippen LogP contribution >= 0.6 is 0 Å². The summed E-state index contributed by atoms with van der Waals surface area (Å²) in [6.45, 7) is 6.62. The van der Waals surface area contributed by atoms with Gasteiger partial charge in [0.2, 0.25) is 0 Å². The molecule has 0 rings (SSSR count). The first kappa shape index (κ1) is 11.5. The Balaban J connectivity index is 0. The third kappa shape index (κ3) is 9.85. The molecule has 0 aromatic rings. The van der Waals surface area contributed by atoms with Gasteiger partial charge in [-0.3, -0.25) is 0 Å². The van der Waals surface area contributed by atoms with Crippen LogP contribution in [0.3, 0.4) is 0 Å². The molecule has 0 aromatic heterocycles. The Kier molecular flexibility index (Phi) is 11.0. The fraction of sp³-hybridized carbons (Fsp3) is 0.857. The Morgan fingerprint density at radius 1 is 1.38 bits per heavy atom. The van der Waals surface area contributed by atoms with Crippen LogP contribution in [0.5, 0.6) is 0 Å². The second-order valence-electron chi connectivity index (χ2n) is 2.38. The SMILES string of the molecule is C[CH-]CCC(C)C.[W]. The minimum atomic E-state index is 0. The Labute approximate surface area is 67.3 Å². The Bertz CT molecular complexity index is 33.4. The molecule has 0 aliphatic carbocycles. The molecule has 0 aromatic carbocycles. The topological polar surface area (TPSA) is 0 Å². The molecule has 0 aliphatic rings. The fourth-order valence-electron chi connectivity index (χ4n) is 0.500. The van der Waals surface area contributed by atoms with Gasteiger partial charge in [-0.2, -0.15) is 13.3 Å². The van der Waals surface area contributed by atoms with Gasteiger partial charge in [-0.15, -0.1) is 0 Å². The van der Waals surface area contributed by atoms with Crippen molar-refractivity contribution in [2.24, 2.45) is 5.92 Å². The van der Waals surface area contributed by atoms with Crippen molar-refractivity contribution in [3.05, 3.63) is 6.42 Å². The van der Waals surface area contributed by atoms with Crippen LogP contribution in [0, 0.1) is 12.3 Å². The van der Waals surface area contributed by atoms with Gasteiger partial charge in [-0.05, 0) is 5.92 Å². The van der Waals surface area contributed by atoms with E-state index < -0.39 is 0 Å². The van der Waals surface area contributed by atoms with Gasteiger partial charge in [0.1, 0.15) is 0 Å². The summed E-state index contributed by atoms with van der Waals surface area (Å²) in [6, 6.07) is 0. The van der Waals surface area contributed by atoms with Gasteiger partial charge >= 0.3 is 0 Å². The molecule has 0 radical (unpaired) electrons. The van der Waals surface area contributed by atoms with Crippen molar-refractivity contribution in [3.8, 4) is 0 Å². The van der Waals surface area contributed by atoms with E-state index in [1.807, 2.05) is 0 Å². The molecular weight excluding hydrogens is 268 g/mol. The Hall–Kier alpha value is 0.688. The van der Waals surface area contributed by atoms with Gasteiger partial charge in [0.05, 0.1) is 0 Å². The molecule has 8 heavy (non-hydrogen) atoms. The van der Waals surface area contributed by atoms with Crippen molar-refractivity contribution >= 4 is 0 Å². The summed E-state index contributed by atoms with van der Waals surface area (Å²) in [4.78, 5) is 0. The number of unbranched alkanes of at least 4 members (excludes halogenated alkanes) is 1. The molecule has 0 fully saturated rings. The zero-order valence-corrected chi connectivity index (χ0v) is 8.91. The molecule has 50 valence electrons. The number of hydrogen-bond donors (Lipinski definition) is 0. The van der Waals surface area contributed by atoms with Gasteiger partial charge in [-0.1, -0.05) is 20.3 Å². The smallest absolute Gasteiger partial charge is 0 e. The van der Waals surface area contributed by atoms with Crippen LogP contribution in [0.25, 0.3) is 0 Å². The predicted molar refractivity (Wildman–Crippen MR) is 34.0 cm³/mol. The molecule has 1 heteroatoms. The average molecular weight is 283 g/mol. The van der Waals surface area contributed by atoms with Crippen LogP contribution in [-0.2, 0) is 21.1 Å². The summed E-state index contributed by atoms with van der Waals surface area (Å²) in [5, 5.41) is 0. The van der Waals surface area contributed by atoms with Gasteiger partial charge in [0, 0.05) is 21.1 Å². The minimum absolute atomic E-state index is 0. The zero-order valence-electron chi connectivity index (χ0n) is 5.98. The van der Waals surface area contributed by atoms with E-state index in [0.717, 1.165) is 5.92 Å². The maximum absolute atomic E-state index is 2.25. The van der Waals surface area contributed by atoms with Crippen LogP contribution in [0.15, 0.2) is 0 Å². The maximum Gasteiger partial charge on any atom is 0 e. The van der Waals surface area contributed by atoms with E-state index in [-0.39, 0.29) is 21.1 Å². The monoisotopic (exact) mass is 283 g/mol. The molecule has 0 aliphatic heterocycles. The van der Waals surface area contributed by atoms with E-state index in [2.05, 4.69) is 27.2 Å². The zero-order chi connectivity index (χ0) is 5.70. The summed E-state index contributed by atoms with van der Waals surface area (Å²) in [7, 11) is 0. The van der Waals surface area contributed by atoms with E-state index in [0.29, 0.717) is 0 Å². The summed E-state index contributed by atoms with van der Waals surface area (Å²) in [5.74, 6) is 0.871. The Morgan fingerprint density at radius 3 is 2.00 bits per heavy atom. The quantitative estimate of drug-likeness (QED) is 0.698. The molecular formula is C7H15W-. The second-order valence-corrected chi connectivity index (χ2v) is 2.38. The predicted octanol–water partition coefficient (Wildman–Crippen LogP) is 2.64. The second kappa shape index (κ2) is 7.69. The van der Waals surface area contributed by atoms with Crippen molar-refractivity contribution in [3.63, 3.8) is 0 Å². The van der Waals surface area contributed by atoms with Crippen molar-refractivity contribution in [1.82, 2.24) is 0 Å². The first-order valence-corrected chi connectivity index (χ1v) is 3.05. The van der Waals surface area contributed by atoms with Crippen molar-refractivity contribution in [2.45, 2.75) is 33.6 Å². The summed E-state index contributed by atoms with van der Waals surface area (Å²) in [6.07, 6.45) is 4.84. The van der Waals surface area contributed by atoms with Crippen LogP contribution in [0.4, 0.5) is 0 Å². The minimum Gasteiger partial charge on any atom is -0.332 e.